The molecule has 124 valence electrons. The first-order valence-electron chi connectivity index (χ1n) is 8.82. The number of carbonyl (C=O) groups excluding carboxylic acids is 1. The van der Waals surface area contributed by atoms with Gasteiger partial charge in [0.05, 0.1) is 11.7 Å². The summed E-state index contributed by atoms with van der Waals surface area (Å²) in [4.78, 5) is 16.5. The van der Waals surface area contributed by atoms with Crippen molar-refractivity contribution in [3.63, 3.8) is 0 Å². The molecule has 2 saturated heterocycles. The Hall–Kier alpha value is -1.69. The Labute approximate surface area is 137 Å². The molecule has 1 aromatic heterocycles. The number of aryl methyl sites for hydroxylation is 2. The molecular weight excluding hydrogens is 290 g/mol. The number of aromatic nitrogens is 2. The van der Waals surface area contributed by atoms with Crippen molar-refractivity contribution >= 4 is 11.7 Å². The maximum Gasteiger partial charge on any atom is 0.237 e. The van der Waals surface area contributed by atoms with Gasteiger partial charge in [-0.3, -0.25) is 9.69 Å². The number of anilines is 1. The fraction of sp³-hybridized carbons (Fsp3) is 0.706. The standard InChI is InChI=1S/C17H25N5O/c1-21(15-7-4-8-18-17(15)23)13-10-22(11-13)16-9-12-5-2-3-6-14(12)19-20-16/h9,13,15H,2-8,10-11H2,1H3,(H,18,23). The Morgan fingerprint density at radius 1 is 1.22 bits per heavy atom. The third-order valence-corrected chi connectivity index (χ3v) is 5.57. The fourth-order valence-electron chi connectivity index (χ4n) is 3.93. The lowest BCUT2D eigenvalue weighted by Crippen LogP contribution is -2.63. The van der Waals surface area contributed by atoms with E-state index in [1.165, 1.54) is 24.1 Å². The van der Waals surface area contributed by atoms with Gasteiger partial charge in [-0.1, -0.05) is 0 Å². The summed E-state index contributed by atoms with van der Waals surface area (Å²) in [6, 6.07) is 2.69. The number of hydrogen-bond acceptors (Lipinski definition) is 5. The van der Waals surface area contributed by atoms with E-state index in [9.17, 15) is 4.79 Å². The van der Waals surface area contributed by atoms with Crippen LogP contribution in [0.25, 0.3) is 0 Å². The highest BCUT2D eigenvalue weighted by molar-refractivity contribution is 5.82. The summed E-state index contributed by atoms with van der Waals surface area (Å²) in [6.07, 6.45) is 6.76. The summed E-state index contributed by atoms with van der Waals surface area (Å²) in [5, 5.41) is 11.8. The van der Waals surface area contributed by atoms with Crippen molar-refractivity contribution in [2.45, 2.75) is 50.6 Å². The van der Waals surface area contributed by atoms with Gasteiger partial charge in [0.15, 0.2) is 5.82 Å². The number of nitrogens with one attached hydrogen (secondary N) is 1. The van der Waals surface area contributed by atoms with E-state index in [0.29, 0.717) is 6.04 Å². The predicted molar refractivity (Wildman–Crippen MR) is 88.5 cm³/mol. The molecule has 1 amide bonds. The van der Waals surface area contributed by atoms with Gasteiger partial charge in [-0.2, -0.15) is 5.10 Å². The minimum absolute atomic E-state index is 0.0329. The molecule has 4 rings (SSSR count). The molecule has 6 nitrogen and oxygen atoms in total. The average molecular weight is 315 g/mol. The number of rotatable bonds is 3. The molecule has 6 heteroatoms. The van der Waals surface area contributed by atoms with Gasteiger partial charge in [0, 0.05) is 25.7 Å². The van der Waals surface area contributed by atoms with E-state index < -0.39 is 0 Å². The molecule has 1 aliphatic carbocycles. The molecule has 0 spiro atoms. The highest BCUT2D eigenvalue weighted by Gasteiger charge is 2.37. The first kappa shape index (κ1) is 14.9. The third-order valence-electron chi connectivity index (χ3n) is 5.57. The Morgan fingerprint density at radius 3 is 2.87 bits per heavy atom. The maximum atomic E-state index is 12.0. The summed E-state index contributed by atoms with van der Waals surface area (Å²) < 4.78 is 0. The predicted octanol–water partition coefficient (Wildman–Crippen LogP) is 0.754. The van der Waals surface area contributed by atoms with Gasteiger partial charge in [0.1, 0.15) is 0 Å². The molecule has 1 aromatic rings. The number of fused-ring (bicyclic) bond motifs is 1. The van der Waals surface area contributed by atoms with Crippen LogP contribution in [0.4, 0.5) is 5.82 Å². The van der Waals surface area contributed by atoms with Crippen LogP contribution >= 0.6 is 0 Å². The molecule has 0 saturated carbocycles. The van der Waals surface area contributed by atoms with E-state index in [1.807, 2.05) is 0 Å². The SMILES string of the molecule is CN(C1CN(c2cc3c(nn2)CCCC3)C1)C1CCCNC1=O. The maximum absolute atomic E-state index is 12.0. The molecule has 1 atom stereocenters. The number of carbonyl (C=O) groups is 1. The lowest BCUT2D eigenvalue weighted by molar-refractivity contribution is -0.128. The van der Waals surface area contributed by atoms with Crippen molar-refractivity contribution < 1.29 is 4.79 Å². The largest absolute Gasteiger partial charge is 0.355 e. The molecule has 1 N–H and O–H groups in total. The van der Waals surface area contributed by atoms with Gasteiger partial charge >= 0.3 is 0 Å². The third kappa shape index (κ3) is 2.80. The Morgan fingerprint density at radius 2 is 2.04 bits per heavy atom. The van der Waals surface area contributed by atoms with Crippen molar-refractivity contribution in [1.29, 1.82) is 0 Å². The van der Waals surface area contributed by atoms with Crippen LogP contribution in [0, 0.1) is 0 Å². The molecule has 1 unspecified atom stereocenters. The molecule has 0 aromatic carbocycles. The number of nitrogens with zero attached hydrogens (tertiary/aromatic N) is 4. The highest BCUT2D eigenvalue weighted by atomic mass is 16.2. The van der Waals surface area contributed by atoms with Crippen LogP contribution in [0.5, 0.6) is 0 Å². The number of hydrogen-bond donors (Lipinski definition) is 1. The quantitative estimate of drug-likeness (QED) is 0.892. The van der Waals surface area contributed by atoms with Gasteiger partial charge in [-0.25, -0.2) is 0 Å². The zero-order valence-electron chi connectivity index (χ0n) is 13.8. The molecule has 23 heavy (non-hydrogen) atoms. The van der Waals surface area contributed by atoms with Crippen LogP contribution in [0.3, 0.4) is 0 Å². The van der Waals surface area contributed by atoms with Crippen molar-refractivity contribution in [2.75, 3.05) is 31.6 Å². The Kier molecular flexibility index (Phi) is 3.93. The van der Waals surface area contributed by atoms with Crippen molar-refractivity contribution in [3.05, 3.63) is 17.3 Å². The van der Waals surface area contributed by atoms with Crippen molar-refractivity contribution in [3.8, 4) is 0 Å². The second kappa shape index (κ2) is 6.07. The summed E-state index contributed by atoms with van der Waals surface area (Å²) in [6.45, 7) is 2.70. The van der Waals surface area contributed by atoms with Crippen LogP contribution in [-0.2, 0) is 17.6 Å². The summed E-state index contributed by atoms with van der Waals surface area (Å²) >= 11 is 0. The summed E-state index contributed by atoms with van der Waals surface area (Å²) in [7, 11) is 2.08. The molecule has 0 radical (unpaired) electrons. The van der Waals surface area contributed by atoms with E-state index in [0.717, 1.165) is 51.1 Å². The van der Waals surface area contributed by atoms with Gasteiger partial charge in [0.25, 0.3) is 0 Å². The zero-order chi connectivity index (χ0) is 15.8. The van der Waals surface area contributed by atoms with Gasteiger partial charge in [-0.15, -0.1) is 5.10 Å². The highest BCUT2D eigenvalue weighted by Crippen LogP contribution is 2.27. The van der Waals surface area contributed by atoms with Crippen LogP contribution in [0.2, 0.25) is 0 Å². The first-order valence-corrected chi connectivity index (χ1v) is 8.82. The van der Waals surface area contributed by atoms with Gasteiger partial charge in [0.2, 0.25) is 5.91 Å². The molecule has 0 bridgehead atoms. The first-order chi connectivity index (χ1) is 11.2. The molecular formula is C17H25N5O. The summed E-state index contributed by atoms with van der Waals surface area (Å²) in [5.41, 5.74) is 2.57. The normalized spacial score (nSPS) is 25.0. The van der Waals surface area contributed by atoms with Crippen LogP contribution in [0.1, 0.15) is 36.9 Å². The van der Waals surface area contributed by atoms with Crippen molar-refractivity contribution in [1.82, 2.24) is 20.4 Å². The monoisotopic (exact) mass is 315 g/mol. The minimum Gasteiger partial charge on any atom is -0.355 e. The fourth-order valence-corrected chi connectivity index (χ4v) is 3.93. The van der Waals surface area contributed by atoms with E-state index in [2.05, 4.69) is 38.4 Å². The minimum atomic E-state index is 0.0329. The van der Waals surface area contributed by atoms with Crippen LogP contribution in [-0.4, -0.2) is 59.8 Å². The number of piperidine rings is 1. The van der Waals surface area contributed by atoms with E-state index in [-0.39, 0.29) is 11.9 Å². The van der Waals surface area contributed by atoms with Gasteiger partial charge < -0.3 is 10.2 Å². The Bertz CT molecular complexity index is 599. The lowest BCUT2D eigenvalue weighted by Gasteiger charge is -2.47. The second-order valence-electron chi connectivity index (χ2n) is 7.05. The van der Waals surface area contributed by atoms with Crippen LogP contribution in [0.15, 0.2) is 6.07 Å². The smallest absolute Gasteiger partial charge is 0.237 e. The lowest BCUT2D eigenvalue weighted by atomic mass is 9.96. The van der Waals surface area contributed by atoms with Crippen molar-refractivity contribution in [2.24, 2.45) is 0 Å². The molecule has 2 aliphatic heterocycles. The Balaban J connectivity index is 1.38. The van der Waals surface area contributed by atoms with E-state index >= 15 is 0 Å². The van der Waals surface area contributed by atoms with Gasteiger partial charge in [-0.05, 0) is 57.2 Å². The molecule has 2 fully saturated rings. The number of amides is 1. The summed E-state index contributed by atoms with van der Waals surface area (Å²) in [5.74, 6) is 1.19. The number of likely N-dealkylation sites (N-methyl/N-ethyl adjacent to an activating group) is 1. The second-order valence-corrected chi connectivity index (χ2v) is 7.05. The van der Waals surface area contributed by atoms with Crippen LogP contribution < -0.4 is 10.2 Å². The van der Waals surface area contributed by atoms with E-state index in [4.69, 9.17) is 0 Å². The topological polar surface area (TPSA) is 61.4 Å². The molecule has 3 aliphatic rings. The van der Waals surface area contributed by atoms with E-state index in [1.54, 1.807) is 0 Å². The zero-order valence-corrected chi connectivity index (χ0v) is 13.8. The average Bonchev–Trinajstić information content (AvgIpc) is 2.53. The molecule has 3 heterocycles.